The maximum absolute atomic E-state index is 14.2. The number of ether oxygens (including phenoxy) is 1. The lowest BCUT2D eigenvalue weighted by atomic mass is 9.72. The van der Waals surface area contributed by atoms with E-state index in [0.29, 0.717) is 54.6 Å². The van der Waals surface area contributed by atoms with Gasteiger partial charge in [0, 0.05) is 87.6 Å². The van der Waals surface area contributed by atoms with E-state index in [9.17, 15) is 23.3 Å². The summed E-state index contributed by atoms with van der Waals surface area (Å²) in [6.07, 6.45) is 8.48. The van der Waals surface area contributed by atoms with Crippen LogP contribution in [0.15, 0.2) is 77.3 Å². The number of hydrogen-bond acceptors (Lipinski definition) is 13. The van der Waals surface area contributed by atoms with Crippen molar-refractivity contribution >= 4 is 67.8 Å². The van der Waals surface area contributed by atoms with Gasteiger partial charge in [0.15, 0.2) is 0 Å². The second-order valence-electron chi connectivity index (χ2n) is 17.6. The van der Waals surface area contributed by atoms with Gasteiger partial charge in [0.25, 0.3) is 21.6 Å². The molecule has 8 rings (SSSR count). The highest BCUT2D eigenvalue weighted by Crippen LogP contribution is 2.43. The molecule has 3 aliphatic heterocycles. The van der Waals surface area contributed by atoms with E-state index in [1.54, 1.807) is 12.3 Å². The molecule has 0 saturated carbocycles. The molecule has 17 heteroatoms. The number of anilines is 3. The van der Waals surface area contributed by atoms with Gasteiger partial charge in [-0.1, -0.05) is 43.2 Å². The average molecular weight is 897 g/mol. The number of amides is 1. The minimum atomic E-state index is -4.56. The minimum Gasteiger partial charge on any atom is -0.389 e. The molecule has 0 unspecified atom stereocenters. The van der Waals surface area contributed by atoms with Crippen LogP contribution >= 0.6 is 11.6 Å². The second-order valence-corrected chi connectivity index (χ2v) is 19.7. The Balaban J connectivity index is 1.06. The van der Waals surface area contributed by atoms with Crippen LogP contribution in [0.4, 0.5) is 22.9 Å². The number of benzene rings is 3. The van der Waals surface area contributed by atoms with Crippen molar-refractivity contribution in [3.63, 3.8) is 0 Å². The number of halogens is 1. The Morgan fingerprint density at radius 2 is 1.79 bits per heavy atom. The number of piperazine rings is 1. The summed E-state index contributed by atoms with van der Waals surface area (Å²) in [5.74, 6) is -0.381. The number of fused-ring (bicyclic) bond motifs is 1. The predicted octanol–water partition coefficient (Wildman–Crippen LogP) is 5.29. The zero-order chi connectivity index (χ0) is 44.3. The van der Waals surface area contributed by atoms with E-state index >= 15 is 0 Å². The van der Waals surface area contributed by atoms with E-state index in [4.69, 9.17) is 22.1 Å². The summed E-state index contributed by atoms with van der Waals surface area (Å²) in [5, 5.41) is 20.2. The zero-order valence-corrected chi connectivity index (χ0v) is 37.2. The normalized spacial score (nSPS) is 18.5. The molecule has 63 heavy (non-hydrogen) atoms. The maximum Gasteiger partial charge on any atom is 0.293 e. The highest BCUT2D eigenvalue weighted by Gasteiger charge is 2.31. The van der Waals surface area contributed by atoms with Crippen LogP contribution in [0.3, 0.4) is 0 Å². The van der Waals surface area contributed by atoms with Crippen molar-refractivity contribution in [1.82, 2.24) is 24.9 Å². The van der Waals surface area contributed by atoms with Gasteiger partial charge in [-0.25, -0.2) is 18.1 Å². The van der Waals surface area contributed by atoms with Gasteiger partial charge >= 0.3 is 0 Å². The fourth-order valence-electron chi connectivity index (χ4n) is 8.99. The van der Waals surface area contributed by atoms with Crippen molar-refractivity contribution in [3.05, 3.63) is 115 Å². The Morgan fingerprint density at radius 1 is 1.03 bits per heavy atom. The van der Waals surface area contributed by atoms with Gasteiger partial charge in [-0.2, -0.15) is 0 Å². The molecule has 1 aliphatic carbocycles. The van der Waals surface area contributed by atoms with E-state index < -0.39 is 31.4 Å². The second kappa shape index (κ2) is 18.7. The first-order valence-electron chi connectivity index (χ1n) is 21.5. The number of nitrogen functional groups attached to an aromatic ring is 1. The number of nitrogens with zero attached hydrogens (tertiary/aromatic N) is 5. The molecule has 15 nitrogen and oxygen atoms in total. The summed E-state index contributed by atoms with van der Waals surface area (Å²) in [6.45, 7) is 10.9. The van der Waals surface area contributed by atoms with Crippen LogP contribution in [-0.4, -0.2) is 93.1 Å². The Kier molecular flexibility index (Phi) is 13.1. The van der Waals surface area contributed by atoms with E-state index in [-0.39, 0.29) is 28.4 Å². The molecule has 0 bridgehead atoms. The van der Waals surface area contributed by atoms with E-state index in [2.05, 4.69) is 61.1 Å². The summed E-state index contributed by atoms with van der Waals surface area (Å²) in [5.41, 5.74) is 12.3. The number of hydrogen-bond donors (Lipinski definition) is 4. The quantitative estimate of drug-likeness (QED) is 0.106. The lowest BCUT2D eigenvalue weighted by Gasteiger charge is -2.39. The third-order valence-electron chi connectivity index (χ3n) is 12.6. The SMILES string of the molecule is CC1(C)CCC(CN2CCN(c3ccc(C(=O)NS(=O)(=O)c4ccc(NCC5CCOCC5)c([N+](=O)[O-])c4)c(C4=c5ncc(N)nc5=CNCC4)c3)CC2)=C(c2ccc(Cl)cc2)C1. The number of nitro groups is 1. The topological polar surface area (TPSA) is 198 Å². The van der Waals surface area contributed by atoms with Crippen LogP contribution in [0.25, 0.3) is 17.3 Å². The summed E-state index contributed by atoms with van der Waals surface area (Å²) in [4.78, 5) is 39.3. The van der Waals surface area contributed by atoms with Crippen molar-refractivity contribution in [2.75, 3.05) is 75.0 Å². The van der Waals surface area contributed by atoms with E-state index in [1.165, 1.54) is 35.0 Å². The number of aromatic nitrogens is 2. The Hall–Kier alpha value is -5.55. The molecule has 0 atom stereocenters. The number of rotatable bonds is 12. The lowest BCUT2D eigenvalue weighted by molar-refractivity contribution is -0.384. The highest BCUT2D eigenvalue weighted by atomic mass is 35.5. The summed E-state index contributed by atoms with van der Waals surface area (Å²) >= 11 is 6.26. The fourth-order valence-corrected chi connectivity index (χ4v) is 10.1. The van der Waals surface area contributed by atoms with Crippen LogP contribution in [-0.2, 0) is 14.8 Å². The largest absolute Gasteiger partial charge is 0.389 e. The molecule has 4 aliphatic rings. The number of carbonyl (C=O) groups excluding carboxylic acids is 1. The van der Waals surface area contributed by atoms with Gasteiger partial charge in [0.05, 0.1) is 21.4 Å². The number of allylic oxidation sites excluding steroid dienone is 1. The molecule has 1 aromatic heterocycles. The Bertz CT molecular complexity index is 2660. The molecule has 2 saturated heterocycles. The summed E-state index contributed by atoms with van der Waals surface area (Å²) in [6, 6.07) is 17.2. The predicted molar refractivity (Wildman–Crippen MR) is 246 cm³/mol. The molecule has 2 fully saturated rings. The molecular weight excluding hydrogens is 842 g/mol. The van der Waals surface area contributed by atoms with Crippen molar-refractivity contribution in [2.45, 2.75) is 57.3 Å². The number of nitrogens with one attached hydrogen (secondary N) is 3. The molecular formula is C46H54ClN9O6S. The monoisotopic (exact) mass is 895 g/mol. The van der Waals surface area contributed by atoms with Gasteiger partial charge < -0.3 is 26.0 Å². The molecule has 4 aromatic rings. The number of nitro benzene ring substituents is 1. The number of sulfonamides is 1. The van der Waals surface area contributed by atoms with Gasteiger partial charge in [0.1, 0.15) is 16.9 Å². The molecule has 0 radical (unpaired) electrons. The van der Waals surface area contributed by atoms with Crippen molar-refractivity contribution < 1.29 is 22.9 Å². The summed E-state index contributed by atoms with van der Waals surface area (Å²) in [7, 11) is -4.56. The smallest absolute Gasteiger partial charge is 0.293 e. The fraction of sp³-hybridized carbons (Fsp3) is 0.413. The molecule has 3 aromatic carbocycles. The lowest BCUT2D eigenvalue weighted by Crippen LogP contribution is -2.47. The van der Waals surface area contributed by atoms with Crippen molar-refractivity contribution in [2.24, 2.45) is 11.3 Å². The third-order valence-corrected chi connectivity index (χ3v) is 14.2. The van der Waals surface area contributed by atoms with Crippen LogP contribution < -0.4 is 36.7 Å². The van der Waals surface area contributed by atoms with Gasteiger partial charge in [0.2, 0.25) is 0 Å². The van der Waals surface area contributed by atoms with Gasteiger partial charge in [-0.15, -0.1) is 0 Å². The standard InChI is InChI=1S/C46H54ClN9O6S/c1-46(2)15-11-32(39(25-46)31-3-5-33(47)6-4-31)29-54-17-19-55(20-18-54)34-7-9-37(38(23-34)36-12-16-49-27-41-44(36)51-28-43(48)52-41)45(57)53-63(60,61)35-8-10-40(42(24-35)56(58)59)50-26-30-13-21-62-22-14-30/h3-10,23-24,27-28,30,49-50H,11-22,25-26,29H2,1-2H3,(H2,48,52)(H,53,57). The Labute approximate surface area is 372 Å². The molecule has 5 N–H and O–H groups in total. The van der Waals surface area contributed by atoms with Gasteiger partial charge in [-0.05, 0) is 115 Å². The van der Waals surface area contributed by atoms with Crippen molar-refractivity contribution in [1.29, 1.82) is 0 Å². The minimum absolute atomic E-state index is 0.105. The number of nitrogens with two attached hydrogens (primary N) is 1. The maximum atomic E-state index is 14.2. The van der Waals surface area contributed by atoms with Crippen LogP contribution in [0.5, 0.6) is 0 Å². The van der Waals surface area contributed by atoms with Crippen LogP contribution in [0, 0.1) is 21.4 Å². The molecule has 0 spiro atoms. The van der Waals surface area contributed by atoms with Crippen molar-refractivity contribution in [3.8, 4) is 0 Å². The van der Waals surface area contributed by atoms with Crippen LogP contribution in [0.2, 0.25) is 5.02 Å². The third kappa shape index (κ3) is 10.3. The molecule has 332 valence electrons. The first-order chi connectivity index (χ1) is 30.2. The zero-order valence-electron chi connectivity index (χ0n) is 35.7. The Morgan fingerprint density at radius 3 is 2.54 bits per heavy atom. The van der Waals surface area contributed by atoms with Gasteiger partial charge in [-0.3, -0.25) is 24.8 Å². The van der Waals surface area contributed by atoms with E-state index in [1.807, 2.05) is 24.3 Å². The molecule has 1 amide bonds. The average Bonchev–Trinajstić information content (AvgIpc) is 3.48. The highest BCUT2D eigenvalue weighted by molar-refractivity contribution is 7.90. The van der Waals surface area contributed by atoms with E-state index in [0.717, 1.165) is 81.6 Å². The number of carbonyl (C=O) groups is 1. The first-order valence-corrected chi connectivity index (χ1v) is 23.4. The molecule has 4 heterocycles. The summed E-state index contributed by atoms with van der Waals surface area (Å²) < 4.78 is 35.3. The first kappa shape index (κ1) is 44.1. The van der Waals surface area contributed by atoms with Crippen LogP contribution in [0.1, 0.15) is 73.9 Å².